The summed E-state index contributed by atoms with van der Waals surface area (Å²) in [7, 11) is 0. The highest BCUT2D eigenvalue weighted by Gasteiger charge is 2.05. The van der Waals surface area contributed by atoms with Gasteiger partial charge in [-0.1, -0.05) is 11.6 Å². The van der Waals surface area contributed by atoms with E-state index in [9.17, 15) is 0 Å². The third-order valence-corrected chi connectivity index (χ3v) is 2.55. The van der Waals surface area contributed by atoms with Gasteiger partial charge in [0.05, 0.1) is 0 Å². The molecule has 2 rings (SSSR count). The molecule has 0 bridgehead atoms. The van der Waals surface area contributed by atoms with Crippen molar-refractivity contribution in [2.45, 2.75) is 10.2 Å². The van der Waals surface area contributed by atoms with E-state index in [0.717, 1.165) is 0 Å². The van der Waals surface area contributed by atoms with Crippen molar-refractivity contribution in [3.63, 3.8) is 0 Å². The van der Waals surface area contributed by atoms with Crippen molar-refractivity contribution in [1.82, 2.24) is 19.9 Å². The van der Waals surface area contributed by atoms with E-state index >= 15 is 0 Å². The fourth-order valence-electron chi connectivity index (χ4n) is 0.974. The Kier molecular flexibility index (Phi) is 3.07. The standard InChI is InChI=1S/C8H7ClN6S/c9-4-1-7(13-3-12-4)16-8-14-5(10)2-6(11)15-8/h1-3H,(H4,10,11,14,15). The molecule has 0 radical (unpaired) electrons. The number of hydrogen-bond donors (Lipinski definition) is 2. The van der Waals surface area contributed by atoms with Crippen LogP contribution < -0.4 is 11.5 Å². The van der Waals surface area contributed by atoms with Gasteiger partial charge in [-0.25, -0.2) is 19.9 Å². The van der Waals surface area contributed by atoms with Crippen molar-refractivity contribution in [1.29, 1.82) is 0 Å². The third-order valence-electron chi connectivity index (χ3n) is 1.55. The lowest BCUT2D eigenvalue weighted by Gasteiger charge is -2.01. The van der Waals surface area contributed by atoms with Crippen molar-refractivity contribution in [3.05, 3.63) is 23.6 Å². The van der Waals surface area contributed by atoms with Gasteiger partial charge in [0.1, 0.15) is 28.1 Å². The molecule has 2 aromatic rings. The first-order valence-electron chi connectivity index (χ1n) is 4.19. The van der Waals surface area contributed by atoms with Gasteiger partial charge in [0.15, 0.2) is 5.16 Å². The molecule has 0 unspecified atom stereocenters. The average Bonchev–Trinajstić information content (AvgIpc) is 2.15. The minimum atomic E-state index is 0.315. The van der Waals surface area contributed by atoms with E-state index < -0.39 is 0 Å². The number of rotatable bonds is 2. The lowest BCUT2D eigenvalue weighted by Crippen LogP contribution is -1.99. The van der Waals surface area contributed by atoms with Gasteiger partial charge in [0.2, 0.25) is 0 Å². The van der Waals surface area contributed by atoms with Crippen molar-refractivity contribution >= 4 is 35.0 Å². The number of nitrogen functional groups attached to an aromatic ring is 2. The van der Waals surface area contributed by atoms with Crippen LogP contribution in [0.4, 0.5) is 11.6 Å². The normalized spacial score (nSPS) is 10.3. The monoisotopic (exact) mass is 254 g/mol. The maximum atomic E-state index is 5.72. The molecule has 4 N–H and O–H groups in total. The molecule has 0 saturated carbocycles. The molecular formula is C8H7ClN6S. The molecule has 2 heterocycles. The second-order valence-electron chi connectivity index (χ2n) is 2.78. The largest absolute Gasteiger partial charge is 0.383 e. The van der Waals surface area contributed by atoms with Crippen LogP contribution >= 0.6 is 23.4 Å². The van der Waals surface area contributed by atoms with Crippen molar-refractivity contribution in [3.8, 4) is 0 Å². The number of hydrogen-bond acceptors (Lipinski definition) is 7. The summed E-state index contributed by atoms with van der Waals surface area (Å²) in [6.45, 7) is 0. The molecular weight excluding hydrogens is 248 g/mol. The Balaban J connectivity index is 2.27. The van der Waals surface area contributed by atoms with Gasteiger partial charge >= 0.3 is 0 Å². The van der Waals surface area contributed by atoms with Crippen LogP contribution in [0.25, 0.3) is 0 Å². The molecule has 2 aromatic heterocycles. The second kappa shape index (κ2) is 4.50. The minimum Gasteiger partial charge on any atom is -0.383 e. The number of nitrogens with zero attached hydrogens (tertiary/aromatic N) is 4. The molecule has 0 aliphatic carbocycles. The minimum absolute atomic E-state index is 0.315. The van der Waals surface area contributed by atoms with E-state index in [1.807, 2.05) is 0 Å². The Morgan fingerprint density at radius 3 is 2.38 bits per heavy atom. The lowest BCUT2D eigenvalue weighted by atomic mass is 10.5. The zero-order chi connectivity index (χ0) is 11.5. The molecule has 0 fully saturated rings. The molecule has 16 heavy (non-hydrogen) atoms. The predicted molar refractivity (Wildman–Crippen MR) is 62.0 cm³/mol. The van der Waals surface area contributed by atoms with Crippen LogP contribution in [-0.4, -0.2) is 19.9 Å². The first kappa shape index (κ1) is 10.9. The fourth-order valence-corrected chi connectivity index (χ4v) is 1.95. The summed E-state index contributed by atoms with van der Waals surface area (Å²) >= 11 is 6.93. The number of nitrogens with two attached hydrogens (primary N) is 2. The lowest BCUT2D eigenvalue weighted by molar-refractivity contribution is 0.970. The molecule has 6 nitrogen and oxygen atoms in total. The maximum Gasteiger partial charge on any atom is 0.197 e. The van der Waals surface area contributed by atoms with Crippen LogP contribution in [0.3, 0.4) is 0 Å². The summed E-state index contributed by atoms with van der Waals surface area (Å²) in [4.78, 5) is 15.8. The Labute approximate surface area is 100 Å². The molecule has 0 amide bonds. The zero-order valence-corrected chi connectivity index (χ0v) is 9.53. The Morgan fingerprint density at radius 2 is 1.75 bits per heavy atom. The summed E-state index contributed by atoms with van der Waals surface area (Å²) in [6.07, 6.45) is 1.36. The topological polar surface area (TPSA) is 104 Å². The van der Waals surface area contributed by atoms with Gasteiger partial charge in [-0.15, -0.1) is 0 Å². The first-order valence-corrected chi connectivity index (χ1v) is 5.38. The van der Waals surface area contributed by atoms with Crippen LogP contribution in [0.15, 0.2) is 28.6 Å². The number of halogens is 1. The van der Waals surface area contributed by atoms with Crippen molar-refractivity contribution < 1.29 is 0 Å². The van der Waals surface area contributed by atoms with E-state index in [0.29, 0.717) is 27.0 Å². The van der Waals surface area contributed by atoms with E-state index in [-0.39, 0.29) is 0 Å². The van der Waals surface area contributed by atoms with Gasteiger partial charge in [-0.3, -0.25) is 0 Å². The van der Waals surface area contributed by atoms with Gasteiger partial charge in [0, 0.05) is 12.1 Å². The van der Waals surface area contributed by atoms with Crippen LogP contribution in [0, 0.1) is 0 Å². The molecule has 0 saturated heterocycles. The Morgan fingerprint density at radius 1 is 1.06 bits per heavy atom. The summed E-state index contributed by atoms with van der Waals surface area (Å²) in [5, 5.41) is 1.41. The van der Waals surface area contributed by atoms with Crippen LogP contribution in [0.1, 0.15) is 0 Å². The van der Waals surface area contributed by atoms with Crippen LogP contribution in [-0.2, 0) is 0 Å². The summed E-state index contributed by atoms with van der Waals surface area (Å²) < 4.78 is 0. The SMILES string of the molecule is Nc1cc(N)nc(Sc2cc(Cl)ncn2)n1. The molecule has 0 aromatic carbocycles. The first-order chi connectivity index (χ1) is 7.63. The quantitative estimate of drug-likeness (QED) is 0.614. The van der Waals surface area contributed by atoms with Gasteiger partial charge in [-0.05, 0) is 11.8 Å². The summed E-state index contributed by atoms with van der Waals surface area (Å²) in [5.41, 5.74) is 11.1. The van der Waals surface area contributed by atoms with E-state index in [4.69, 9.17) is 23.1 Å². The molecule has 0 aliphatic heterocycles. The highest BCUT2D eigenvalue weighted by Crippen LogP contribution is 2.24. The predicted octanol–water partition coefficient (Wildman–Crippen LogP) is 1.24. The van der Waals surface area contributed by atoms with E-state index in [1.165, 1.54) is 24.2 Å². The average molecular weight is 255 g/mol. The summed E-state index contributed by atoms with van der Waals surface area (Å²) in [5.74, 6) is 0.630. The van der Waals surface area contributed by atoms with Crippen LogP contribution in [0.5, 0.6) is 0 Å². The summed E-state index contributed by atoms with van der Waals surface area (Å²) in [6, 6.07) is 3.09. The third kappa shape index (κ3) is 2.71. The smallest absolute Gasteiger partial charge is 0.197 e. The number of aromatic nitrogens is 4. The molecule has 0 aliphatic rings. The highest BCUT2D eigenvalue weighted by atomic mass is 35.5. The molecule has 0 atom stereocenters. The van der Waals surface area contributed by atoms with E-state index in [1.54, 1.807) is 6.07 Å². The Hall–Kier alpha value is -1.60. The Bertz CT molecular complexity index is 499. The van der Waals surface area contributed by atoms with Gasteiger partial charge < -0.3 is 11.5 Å². The maximum absolute atomic E-state index is 5.72. The van der Waals surface area contributed by atoms with Gasteiger partial charge in [0.25, 0.3) is 0 Å². The molecule has 8 heteroatoms. The van der Waals surface area contributed by atoms with Crippen LogP contribution in [0.2, 0.25) is 5.15 Å². The van der Waals surface area contributed by atoms with Crippen molar-refractivity contribution in [2.75, 3.05) is 11.5 Å². The molecule has 0 spiro atoms. The second-order valence-corrected chi connectivity index (χ2v) is 4.16. The molecule has 82 valence electrons. The zero-order valence-electron chi connectivity index (χ0n) is 7.96. The number of anilines is 2. The van der Waals surface area contributed by atoms with Gasteiger partial charge in [-0.2, -0.15) is 0 Å². The van der Waals surface area contributed by atoms with E-state index in [2.05, 4.69) is 19.9 Å². The van der Waals surface area contributed by atoms with Crippen molar-refractivity contribution in [2.24, 2.45) is 0 Å². The highest BCUT2D eigenvalue weighted by molar-refractivity contribution is 7.99. The fraction of sp³-hybridized carbons (Fsp3) is 0.